The van der Waals surface area contributed by atoms with Crippen LogP contribution in [-0.2, 0) is 16.0 Å². The molecule has 2 aromatic rings. The zero-order valence-electron chi connectivity index (χ0n) is 18.3. The van der Waals surface area contributed by atoms with Crippen LogP contribution < -0.4 is 0 Å². The molecular weight excluding hydrogens is 392 g/mol. The fourth-order valence-electron chi connectivity index (χ4n) is 4.84. The standard InChI is InChI=1S/C25H32N2O2S/c1-25(2,3)27(24(29)19-11-7-8-12-19)17-22(28)26-15-13-21-20(14-16-30-21)23(26)18-9-5-4-6-10-18/h4-6,9-10,14,16,19,23H,7-8,11-13,15,17H2,1-3H3/t23-/m1/s1. The lowest BCUT2D eigenvalue weighted by atomic mass is 9.93. The summed E-state index contributed by atoms with van der Waals surface area (Å²) in [5.41, 5.74) is 1.99. The molecule has 0 saturated heterocycles. The highest BCUT2D eigenvalue weighted by atomic mass is 32.1. The third-order valence-electron chi connectivity index (χ3n) is 6.48. The molecule has 0 N–H and O–H groups in total. The number of rotatable bonds is 4. The van der Waals surface area contributed by atoms with Crippen molar-refractivity contribution in [3.8, 4) is 0 Å². The summed E-state index contributed by atoms with van der Waals surface area (Å²) in [7, 11) is 0. The Morgan fingerprint density at radius 3 is 2.47 bits per heavy atom. The Morgan fingerprint density at radius 1 is 1.10 bits per heavy atom. The minimum Gasteiger partial charge on any atom is -0.330 e. The fourth-order valence-corrected chi connectivity index (χ4v) is 5.75. The topological polar surface area (TPSA) is 40.6 Å². The number of amides is 2. The normalized spacial score (nSPS) is 19.6. The first-order chi connectivity index (χ1) is 14.4. The molecule has 5 heteroatoms. The van der Waals surface area contributed by atoms with Crippen molar-refractivity contribution in [2.45, 2.75) is 64.5 Å². The van der Waals surface area contributed by atoms with Gasteiger partial charge in [0.05, 0.1) is 6.04 Å². The SMILES string of the molecule is CC(C)(C)N(CC(=O)N1CCc2sccc2[C@H]1c1ccccc1)C(=O)C1CCCC1. The van der Waals surface area contributed by atoms with Gasteiger partial charge in [0.2, 0.25) is 11.8 Å². The van der Waals surface area contributed by atoms with Crippen LogP contribution in [0, 0.1) is 5.92 Å². The van der Waals surface area contributed by atoms with Gasteiger partial charge in [0, 0.05) is 22.9 Å². The maximum absolute atomic E-state index is 13.6. The molecule has 1 fully saturated rings. The van der Waals surface area contributed by atoms with Crippen LogP contribution in [0.4, 0.5) is 0 Å². The lowest BCUT2D eigenvalue weighted by Crippen LogP contribution is -2.54. The highest BCUT2D eigenvalue weighted by molar-refractivity contribution is 7.10. The fraction of sp³-hybridized carbons (Fsp3) is 0.520. The van der Waals surface area contributed by atoms with E-state index in [4.69, 9.17) is 0 Å². The van der Waals surface area contributed by atoms with Crippen LogP contribution >= 0.6 is 11.3 Å². The zero-order chi connectivity index (χ0) is 21.3. The second kappa shape index (κ2) is 8.54. The maximum Gasteiger partial charge on any atom is 0.243 e. The van der Waals surface area contributed by atoms with Crippen LogP contribution in [0.15, 0.2) is 41.8 Å². The average molecular weight is 425 g/mol. The quantitative estimate of drug-likeness (QED) is 0.690. The van der Waals surface area contributed by atoms with Crippen LogP contribution in [-0.4, -0.2) is 40.2 Å². The summed E-state index contributed by atoms with van der Waals surface area (Å²) in [6.07, 6.45) is 5.02. The molecule has 1 aliphatic carbocycles. The van der Waals surface area contributed by atoms with E-state index in [1.54, 1.807) is 11.3 Å². The van der Waals surface area contributed by atoms with E-state index in [1.165, 1.54) is 10.4 Å². The van der Waals surface area contributed by atoms with Crippen LogP contribution in [0.2, 0.25) is 0 Å². The zero-order valence-corrected chi connectivity index (χ0v) is 19.1. The molecule has 0 unspecified atom stereocenters. The Hall–Kier alpha value is -2.14. The summed E-state index contributed by atoms with van der Waals surface area (Å²) in [5.74, 6) is 0.270. The van der Waals surface area contributed by atoms with Crippen LogP contribution in [0.25, 0.3) is 0 Å². The molecular formula is C25H32N2O2S. The van der Waals surface area contributed by atoms with Crippen molar-refractivity contribution in [2.75, 3.05) is 13.1 Å². The van der Waals surface area contributed by atoms with Crippen molar-refractivity contribution < 1.29 is 9.59 Å². The van der Waals surface area contributed by atoms with Gasteiger partial charge in [0.25, 0.3) is 0 Å². The van der Waals surface area contributed by atoms with E-state index in [9.17, 15) is 9.59 Å². The van der Waals surface area contributed by atoms with Gasteiger partial charge < -0.3 is 9.80 Å². The summed E-state index contributed by atoms with van der Waals surface area (Å²) in [4.78, 5) is 32.1. The molecule has 4 rings (SSSR count). The van der Waals surface area contributed by atoms with E-state index >= 15 is 0 Å². The summed E-state index contributed by atoms with van der Waals surface area (Å²) in [6, 6.07) is 12.4. The Kier molecular flexibility index (Phi) is 6.01. The van der Waals surface area contributed by atoms with Crippen molar-refractivity contribution >= 4 is 23.2 Å². The smallest absolute Gasteiger partial charge is 0.243 e. The van der Waals surface area contributed by atoms with Crippen molar-refractivity contribution in [3.63, 3.8) is 0 Å². The largest absolute Gasteiger partial charge is 0.330 e. The Morgan fingerprint density at radius 2 is 1.80 bits per heavy atom. The van der Waals surface area contributed by atoms with Gasteiger partial charge in [-0.25, -0.2) is 0 Å². The molecule has 4 nitrogen and oxygen atoms in total. The van der Waals surface area contributed by atoms with Crippen LogP contribution in [0.3, 0.4) is 0 Å². The molecule has 0 radical (unpaired) electrons. The summed E-state index contributed by atoms with van der Waals surface area (Å²) in [5, 5.41) is 2.12. The lowest BCUT2D eigenvalue weighted by molar-refractivity contribution is -0.148. The third-order valence-corrected chi connectivity index (χ3v) is 7.47. The second-order valence-electron chi connectivity index (χ2n) is 9.53. The van der Waals surface area contributed by atoms with E-state index < -0.39 is 0 Å². The number of hydrogen-bond acceptors (Lipinski definition) is 3. The molecule has 2 amide bonds. The number of fused-ring (bicyclic) bond motifs is 1. The number of thiophene rings is 1. The average Bonchev–Trinajstić information content (AvgIpc) is 3.42. The van der Waals surface area contributed by atoms with Crippen molar-refractivity contribution in [2.24, 2.45) is 5.92 Å². The molecule has 1 atom stereocenters. The molecule has 0 spiro atoms. The number of carbonyl (C=O) groups excluding carboxylic acids is 2. The van der Waals surface area contributed by atoms with Gasteiger partial charge >= 0.3 is 0 Å². The lowest BCUT2D eigenvalue weighted by Gasteiger charge is -2.41. The van der Waals surface area contributed by atoms with Gasteiger partial charge in [-0.05, 0) is 62.6 Å². The number of hydrogen-bond donors (Lipinski definition) is 0. The van der Waals surface area contributed by atoms with Gasteiger partial charge in [-0.15, -0.1) is 11.3 Å². The number of benzene rings is 1. The molecule has 2 aliphatic rings. The maximum atomic E-state index is 13.6. The van der Waals surface area contributed by atoms with Crippen molar-refractivity contribution in [1.82, 2.24) is 9.80 Å². The first-order valence-electron chi connectivity index (χ1n) is 11.1. The van der Waals surface area contributed by atoms with Crippen molar-refractivity contribution in [3.05, 3.63) is 57.8 Å². The van der Waals surface area contributed by atoms with Crippen molar-refractivity contribution in [1.29, 1.82) is 0 Å². The molecule has 1 aromatic carbocycles. The minimum atomic E-state index is -0.374. The third kappa shape index (κ3) is 4.18. The molecule has 160 valence electrons. The van der Waals surface area contributed by atoms with Gasteiger partial charge in [-0.2, -0.15) is 0 Å². The van der Waals surface area contributed by atoms with Gasteiger partial charge in [0.15, 0.2) is 0 Å². The Balaban J connectivity index is 1.61. The Labute approximate surface area is 183 Å². The minimum absolute atomic E-state index is 0.0435. The van der Waals surface area contributed by atoms with Gasteiger partial charge in [-0.3, -0.25) is 9.59 Å². The predicted molar refractivity (Wildman–Crippen MR) is 121 cm³/mol. The summed E-state index contributed by atoms with van der Waals surface area (Å²) < 4.78 is 0. The predicted octanol–water partition coefficient (Wildman–Crippen LogP) is 5.04. The summed E-state index contributed by atoms with van der Waals surface area (Å²) >= 11 is 1.77. The Bertz CT molecular complexity index is 893. The number of nitrogens with zero attached hydrogens (tertiary/aromatic N) is 2. The van der Waals surface area contributed by atoms with E-state index in [2.05, 4.69) is 23.6 Å². The van der Waals surface area contributed by atoms with E-state index in [1.807, 2.05) is 48.8 Å². The van der Waals surface area contributed by atoms with Crippen LogP contribution in [0.5, 0.6) is 0 Å². The molecule has 1 saturated carbocycles. The first kappa shape index (κ1) is 21.1. The van der Waals surface area contributed by atoms with E-state index in [0.29, 0.717) is 6.54 Å². The monoisotopic (exact) mass is 424 g/mol. The molecule has 1 aromatic heterocycles. The highest BCUT2D eigenvalue weighted by Crippen LogP contribution is 2.38. The molecule has 30 heavy (non-hydrogen) atoms. The van der Waals surface area contributed by atoms with Gasteiger partial charge in [0.1, 0.15) is 6.54 Å². The highest BCUT2D eigenvalue weighted by Gasteiger charge is 2.38. The summed E-state index contributed by atoms with van der Waals surface area (Å²) in [6.45, 7) is 6.96. The van der Waals surface area contributed by atoms with E-state index in [-0.39, 0.29) is 35.9 Å². The number of carbonyl (C=O) groups is 2. The molecule has 1 aliphatic heterocycles. The second-order valence-corrected chi connectivity index (χ2v) is 10.5. The molecule has 0 bridgehead atoms. The molecule has 2 heterocycles. The van der Waals surface area contributed by atoms with Gasteiger partial charge in [-0.1, -0.05) is 43.2 Å². The van der Waals surface area contributed by atoms with E-state index in [0.717, 1.165) is 37.7 Å². The van der Waals surface area contributed by atoms with Crippen LogP contribution in [0.1, 0.15) is 68.5 Å². The first-order valence-corrected chi connectivity index (χ1v) is 12.0.